The van der Waals surface area contributed by atoms with Crippen LogP contribution in [0.5, 0.6) is 0 Å². The summed E-state index contributed by atoms with van der Waals surface area (Å²) in [7, 11) is -2.31. The predicted octanol–water partition coefficient (Wildman–Crippen LogP) is 2.99. The summed E-state index contributed by atoms with van der Waals surface area (Å²) in [5.41, 5.74) is 4.03. The molecule has 0 amide bonds. The number of ether oxygens (including phenoxy) is 1. The summed E-state index contributed by atoms with van der Waals surface area (Å²) < 4.78 is 30.1. The van der Waals surface area contributed by atoms with Crippen LogP contribution < -0.4 is 10.0 Å². The number of anilines is 1. The minimum atomic E-state index is -3.54. The lowest BCUT2D eigenvalue weighted by Crippen LogP contribution is -2.42. The van der Waals surface area contributed by atoms with Gasteiger partial charge in [-0.1, -0.05) is 48.5 Å². The van der Waals surface area contributed by atoms with Gasteiger partial charge in [0.25, 0.3) is 0 Å². The van der Waals surface area contributed by atoms with Crippen molar-refractivity contribution in [1.29, 1.82) is 0 Å². The number of nitrogens with one attached hydrogen (secondary N) is 2. The van der Waals surface area contributed by atoms with Gasteiger partial charge in [-0.25, -0.2) is 18.1 Å². The quantitative estimate of drug-likeness (QED) is 0.498. The summed E-state index contributed by atoms with van der Waals surface area (Å²) in [4.78, 5) is 16.2. The highest BCUT2D eigenvalue weighted by Crippen LogP contribution is 2.22. The summed E-state index contributed by atoms with van der Waals surface area (Å²) >= 11 is 0. The second kappa shape index (κ2) is 10.2. The van der Waals surface area contributed by atoms with Gasteiger partial charge in [-0.3, -0.25) is 4.79 Å². The molecule has 7 nitrogen and oxygen atoms in total. The van der Waals surface area contributed by atoms with Crippen molar-refractivity contribution in [1.82, 2.24) is 9.71 Å². The van der Waals surface area contributed by atoms with Crippen molar-refractivity contribution in [2.75, 3.05) is 18.7 Å². The molecule has 0 bridgehead atoms. The van der Waals surface area contributed by atoms with Gasteiger partial charge in [0.15, 0.2) is 0 Å². The third-order valence-electron chi connectivity index (χ3n) is 4.63. The number of rotatable bonds is 9. The maximum absolute atomic E-state index is 11.9. The van der Waals surface area contributed by atoms with Gasteiger partial charge in [0, 0.05) is 12.7 Å². The maximum atomic E-state index is 11.9. The molecule has 31 heavy (non-hydrogen) atoms. The lowest BCUT2D eigenvalue weighted by Gasteiger charge is -2.15. The van der Waals surface area contributed by atoms with E-state index in [-0.39, 0.29) is 6.42 Å². The molecule has 0 aliphatic heterocycles. The van der Waals surface area contributed by atoms with E-state index in [0.717, 1.165) is 34.3 Å². The Kier molecular flexibility index (Phi) is 7.38. The molecule has 0 aliphatic rings. The van der Waals surface area contributed by atoms with Gasteiger partial charge in [0.2, 0.25) is 10.0 Å². The standard InChI is InChI=1S/C23H25N3O4S/c1-30-23(27)21(26-31(2,28)29)15-17-9-11-19(12-10-17)20-7-5-6-18(14-20)16-25-22-8-3-4-13-24-22/h3-14,21,26H,15-16H2,1-2H3,(H,24,25)/t21-/m0/s1. The first kappa shape index (κ1) is 22.5. The molecule has 0 saturated heterocycles. The molecule has 0 unspecified atom stereocenters. The highest BCUT2D eigenvalue weighted by molar-refractivity contribution is 7.88. The average molecular weight is 440 g/mol. The van der Waals surface area contributed by atoms with Gasteiger partial charge >= 0.3 is 5.97 Å². The zero-order chi connectivity index (χ0) is 22.3. The molecule has 1 aromatic heterocycles. The molecule has 0 saturated carbocycles. The lowest BCUT2D eigenvalue weighted by molar-refractivity contribution is -0.142. The minimum Gasteiger partial charge on any atom is -0.468 e. The fourth-order valence-corrected chi connectivity index (χ4v) is 3.86. The Balaban J connectivity index is 1.70. The molecule has 162 valence electrons. The molecule has 1 heterocycles. The monoisotopic (exact) mass is 439 g/mol. The number of carbonyl (C=O) groups excluding carboxylic acids is 1. The maximum Gasteiger partial charge on any atom is 0.324 e. The molecule has 0 fully saturated rings. The van der Waals surface area contributed by atoms with E-state index in [1.165, 1.54) is 7.11 Å². The molecule has 2 aromatic carbocycles. The van der Waals surface area contributed by atoms with Crippen LogP contribution in [-0.2, 0) is 32.5 Å². The summed E-state index contributed by atoms with van der Waals surface area (Å²) in [6.45, 7) is 0.654. The van der Waals surface area contributed by atoms with Crippen LogP contribution in [-0.4, -0.2) is 38.8 Å². The number of aromatic nitrogens is 1. The van der Waals surface area contributed by atoms with Crippen LogP contribution in [0, 0.1) is 0 Å². The first-order valence-electron chi connectivity index (χ1n) is 9.72. The van der Waals surface area contributed by atoms with Crippen LogP contribution >= 0.6 is 0 Å². The number of hydrogen-bond acceptors (Lipinski definition) is 6. The molecule has 8 heteroatoms. The van der Waals surface area contributed by atoms with E-state index in [0.29, 0.717) is 6.54 Å². The van der Waals surface area contributed by atoms with E-state index in [2.05, 4.69) is 21.1 Å². The van der Waals surface area contributed by atoms with E-state index in [1.54, 1.807) is 6.20 Å². The minimum absolute atomic E-state index is 0.202. The fourth-order valence-electron chi connectivity index (χ4n) is 3.16. The van der Waals surface area contributed by atoms with Gasteiger partial charge < -0.3 is 10.1 Å². The number of hydrogen-bond donors (Lipinski definition) is 2. The van der Waals surface area contributed by atoms with Gasteiger partial charge in [-0.2, -0.15) is 0 Å². The fraction of sp³-hybridized carbons (Fsp3) is 0.217. The molecular weight excluding hydrogens is 414 g/mol. The number of pyridine rings is 1. The third kappa shape index (κ3) is 6.91. The number of nitrogens with zero attached hydrogens (tertiary/aromatic N) is 1. The number of carbonyl (C=O) groups is 1. The van der Waals surface area contributed by atoms with Gasteiger partial charge in [-0.05, 0) is 46.9 Å². The molecule has 1 atom stereocenters. The molecule has 0 aliphatic carbocycles. The number of benzene rings is 2. The van der Waals surface area contributed by atoms with Crippen molar-refractivity contribution >= 4 is 21.8 Å². The second-order valence-electron chi connectivity index (χ2n) is 7.14. The summed E-state index contributed by atoms with van der Waals surface area (Å²) in [5.74, 6) is 0.197. The first-order chi connectivity index (χ1) is 14.8. The zero-order valence-corrected chi connectivity index (χ0v) is 18.2. The Morgan fingerprint density at radius 3 is 2.42 bits per heavy atom. The van der Waals surface area contributed by atoms with Crippen molar-refractivity contribution in [2.45, 2.75) is 19.0 Å². The lowest BCUT2D eigenvalue weighted by atomic mass is 9.99. The largest absolute Gasteiger partial charge is 0.468 e. The summed E-state index contributed by atoms with van der Waals surface area (Å²) in [5, 5.41) is 3.29. The van der Waals surface area contributed by atoms with Crippen molar-refractivity contribution < 1.29 is 17.9 Å². The highest BCUT2D eigenvalue weighted by Gasteiger charge is 2.23. The van der Waals surface area contributed by atoms with Gasteiger partial charge in [0.05, 0.1) is 13.4 Å². The van der Waals surface area contributed by atoms with Crippen LogP contribution in [0.25, 0.3) is 11.1 Å². The van der Waals surface area contributed by atoms with Crippen LogP contribution in [0.15, 0.2) is 72.9 Å². The number of esters is 1. The molecule has 3 aromatic rings. The average Bonchev–Trinajstić information content (AvgIpc) is 2.77. The van der Waals surface area contributed by atoms with Gasteiger partial charge in [-0.15, -0.1) is 0 Å². The van der Waals surface area contributed by atoms with Crippen molar-refractivity contribution in [3.63, 3.8) is 0 Å². The van der Waals surface area contributed by atoms with Crippen LogP contribution in [0.4, 0.5) is 5.82 Å². The van der Waals surface area contributed by atoms with Crippen molar-refractivity contribution in [3.05, 3.63) is 84.1 Å². The van der Waals surface area contributed by atoms with E-state index in [1.807, 2.05) is 60.7 Å². The van der Waals surface area contributed by atoms with Crippen molar-refractivity contribution in [2.24, 2.45) is 0 Å². The Morgan fingerprint density at radius 2 is 1.77 bits per heavy atom. The second-order valence-corrected chi connectivity index (χ2v) is 8.92. The van der Waals surface area contributed by atoms with E-state index >= 15 is 0 Å². The third-order valence-corrected chi connectivity index (χ3v) is 5.35. The normalized spacial score (nSPS) is 12.2. The number of sulfonamides is 1. The Morgan fingerprint density at radius 1 is 1.00 bits per heavy atom. The summed E-state index contributed by atoms with van der Waals surface area (Å²) in [6, 6.07) is 20.6. The van der Waals surface area contributed by atoms with Gasteiger partial charge in [0.1, 0.15) is 11.9 Å². The van der Waals surface area contributed by atoms with Crippen LogP contribution in [0.1, 0.15) is 11.1 Å². The highest BCUT2D eigenvalue weighted by atomic mass is 32.2. The molecular formula is C23H25N3O4S. The van der Waals surface area contributed by atoms with E-state index in [9.17, 15) is 13.2 Å². The topological polar surface area (TPSA) is 97.4 Å². The molecule has 0 spiro atoms. The van der Waals surface area contributed by atoms with E-state index < -0.39 is 22.0 Å². The summed E-state index contributed by atoms with van der Waals surface area (Å²) in [6.07, 6.45) is 2.96. The Hall–Kier alpha value is -3.23. The SMILES string of the molecule is COC(=O)[C@H](Cc1ccc(-c2cccc(CNc3ccccn3)c2)cc1)NS(C)(=O)=O. The molecule has 2 N–H and O–H groups in total. The van der Waals surface area contributed by atoms with Crippen molar-refractivity contribution in [3.8, 4) is 11.1 Å². The van der Waals surface area contributed by atoms with Crippen LogP contribution in [0.3, 0.4) is 0 Å². The van der Waals surface area contributed by atoms with E-state index in [4.69, 9.17) is 4.74 Å². The smallest absolute Gasteiger partial charge is 0.324 e. The Labute approximate surface area is 182 Å². The molecule has 3 rings (SSSR count). The zero-order valence-electron chi connectivity index (χ0n) is 17.4. The number of methoxy groups -OCH3 is 1. The predicted molar refractivity (Wildman–Crippen MR) is 121 cm³/mol. The molecule has 0 radical (unpaired) electrons. The van der Waals surface area contributed by atoms with Crippen LogP contribution in [0.2, 0.25) is 0 Å². The Bertz CT molecular complexity index is 1120. The first-order valence-corrected chi connectivity index (χ1v) is 11.6.